The Balaban J connectivity index is 1.83. The molecular formula is C16H32OS. The number of thioether (sulfide) groups is 1. The van der Waals surface area contributed by atoms with Gasteiger partial charge >= 0.3 is 0 Å². The van der Waals surface area contributed by atoms with Gasteiger partial charge in [-0.15, -0.1) is 0 Å². The van der Waals surface area contributed by atoms with Crippen molar-refractivity contribution < 1.29 is 5.11 Å². The first-order chi connectivity index (χ1) is 8.84. The van der Waals surface area contributed by atoms with Crippen LogP contribution in [0.1, 0.15) is 84.0 Å². The second-order valence-corrected chi connectivity index (χ2v) is 7.08. The fourth-order valence-corrected chi connectivity index (χ4v) is 4.11. The van der Waals surface area contributed by atoms with E-state index in [1.54, 1.807) is 0 Å². The summed E-state index contributed by atoms with van der Waals surface area (Å²) in [5.41, 5.74) is 0. The molecule has 0 spiro atoms. The number of hydrogen-bond acceptors (Lipinski definition) is 2. The van der Waals surface area contributed by atoms with Gasteiger partial charge in [-0.25, -0.2) is 0 Å². The van der Waals surface area contributed by atoms with E-state index in [0.717, 1.165) is 6.42 Å². The van der Waals surface area contributed by atoms with E-state index < -0.39 is 0 Å². The first-order valence-electron chi connectivity index (χ1n) is 8.14. The zero-order valence-electron chi connectivity index (χ0n) is 12.2. The van der Waals surface area contributed by atoms with Gasteiger partial charge in [0.1, 0.15) is 0 Å². The van der Waals surface area contributed by atoms with Crippen LogP contribution in [0.3, 0.4) is 0 Å². The van der Waals surface area contributed by atoms with Crippen LogP contribution in [0.4, 0.5) is 0 Å². The molecule has 0 heterocycles. The maximum atomic E-state index is 9.87. The normalized spacial score (nSPS) is 24.3. The number of aliphatic hydroxyl groups excluding tert-OH is 1. The highest BCUT2D eigenvalue weighted by molar-refractivity contribution is 7.99. The SMILES string of the molecule is CCCCCCCCCCS[C@@H]1CCCC[C@H]1O. The summed E-state index contributed by atoms with van der Waals surface area (Å²) in [7, 11) is 0. The molecule has 0 aliphatic heterocycles. The van der Waals surface area contributed by atoms with Crippen LogP contribution in [0, 0.1) is 0 Å². The van der Waals surface area contributed by atoms with E-state index in [0.29, 0.717) is 5.25 Å². The Hall–Kier alpha value is 0.310. The molecule has 108 valence electrons. The molecule has 0 saturated heterocycles. The highest BCUT2D eigenvalue weighted by atomic mass is 32.2. The lowest BCUT2D eigenvalue weighted by molar-refractivity contribution is 0.137. The Kier molecular flexibility index (Phi) is 10.1. The predicted molar refractivity (Wildman–Crippen MR) is 83.3 cm³/mol. The number of hydrogen-bond donors (Lipinski definition) is 1. The molecule has 1 rings (SSSR count). The molecule has 0 unspecified atom stereocenters. The van der Waals surface area contributed by atoms with Crippen LogP contribution >= 0.6 is 11.8 Å². The van der Waals surface area contributed by atoms with Crippen molar-refractivity contribution in [3.63, 3.8) is 0 Å². The van der Waals surface area contributed by atoms with Crippen LogP contribution in [0.25, 0.3) is 0 Å². The zero-order chi connectivity index (χ0) is 13.1. The first-order valence-corrected chi connectivity index (χ1v) is 9.19. The molecular weight excluding hydrogens is 240 g/mol. The van der Waals surface area contributed by atoms with Crippen molar-refractivity contribution in [2.45, 2.75) is 95.3 Å². The van der Waals surface area contributed by atoms with Crippen molar-refractivity contribution in [1.82, 2.24) is 0 Å². The summed E-state index contributed by atoms with van der Waals surface area (Å²) in [4.78, 5) is 0. The lowest BCUT2D eigenvalue weighted by Gasteiger charge is -2.26. The van der Waals surface area contributed by atoms with Crippen molar-refractivity contribution in [2.75, 3.05) is 5.75 Å². The minimum absolute atomic E-state index is 0.0159. The monoisotopic (exact) mass is 272 g/mol. The van der Waals surface area contributed by atoms with E-state index in [1.807, 2.05) is 11.8 Å². The summed E-state index contributed by atoms with van der Waals surface area (Å²) in [5, 5.41) is 10.4. The molecule has 1 N–H and O–H groups in total. The summed E-state index contributed by atoms with van der Waals surface area (Å²) in [6.45, 7) is 2.27. The average molecular weight is 272 g/mol. The lowest BCUT2D eigenvalue weighted by atomic mass is 9.97. The van der Waals surface area contributed by atoms with E-state index in [9.17, 15) is 5.11 Å². The highest BCUT2D eigenvalue weighted by Crippen LogP contribution is 2.29. The average Bonchev–Trinajstić information content (AvgIpc) is 2.39. The molecule has 1 nitrogen and oxygen atoms in total. The van der Waals surface area contributed by atoms with Crippen LogP contribution in [-0.2, 0) is 0 Å². The van der Waals surface area contributed by atoms with Crippen LogP contribution in [0.5, 0.6) is 0 Å². The third-order valence-electron chi connectivity index (χ3n) is 4.00. The fraction of sp³-hybridized carbons (Fsp3) is 1.00. The van der Waals surface area contributed by atoms with Crippen LogP contribution in [-0.4, -0.2) is 22.2 Å². The van der Waals surface area contributed by atoms with Crippen molar-refractivity contribution in [1.29, 1.82) is 0 Å². The van der Waals surface area contributed by atoms with Gasteiger partial charge in [-0.3, -0.25) is 0 Å². The molecule has 18 heavy (non-hydrogen) atoms. The molecule has 0 aromatic heterocycles. The Bertz CT molecular complexity index is 184. The maximum Gasteiger partial charge on any atom is 0.0658 e. The van der Waals surface area contributed by atoms with Gasteiger partial charge in [0, 0.05) is 5.25 Å². The highest BCUT2D eigenvalue weighted by Gasteiger charge is 2.22. The minimum Gasteiger partial charge on any atom is -0.392 e. The predicted octanol–water partition coefficient (Wildman–Crippen LogP) is 5.16. The number of unbranched alkanes of at least 4 members (excludes halogenated alkanes) is 7. The first kappa shape index (κ1) is 16.4. The van der Waals surface area contributed by atoms with Crippen molar-refractivity contribution in [3.8, 4) is 0 Å². The molecule has 1 aliphatic carbocycles. The Morgan fingerprint density at radius 3 is 2.17 bits per heavy atom. The van der Waals surface area contributed by atoms with E-state index in [4.69, 9.17) is 0 Å². The van der Waals surface area contributed by atoms with Gasteiger partial charge in [0.2, 0.25) is 0 Å². The topological polar surface area (TPSA) is 20.2 Å². The zero-order valence-corrected chi connectivity index (χ0v) is 13.0. The third-order valence-corrected chi connectivity index (χ3v) is 5.50. The molecule has 2 heteroatoms. The van der Waals surface area contributed by atoms with E-state index >= 15 is 0 Å². The van der Waals surface area contributed by atoms with E-state index in [2.05, 4.69) is 6.92 Å². The van der Waals surface area contributed by atoms with Gasteiger partial charge in [-0.05, 0) is 25.0 Å². The summed E-state index contributed by atoms with van der Waals surface area (Å²) < 4.78 is 0. The van der Waals surface area contributed by atoms with Gasteiger partial charge in [0.15, 0.2) is 0 Å². The van der Waals surface area contributed by atoms with Crippen LogP contribution in [0.15, 0.2) is 0 Å². The minimum atomic E-state index is -0.0159. The lowest BCUT2D eigenvalue weighted by Crippen LogP contribution is -2.27. The molecule has 2 atom stereocenters. The van der Waals surface area contributed by atoms with Crippen molar-refractivity contribution in [3.05, 3.63) is 0 Å². The van der Waals surface area contributed by atoms with Gasteiger partial charge < -0.3 is 5.11 Å². The van der Waals surface area contributed by atoms with Crippen LogP contribution in [0.2, 0.25) is 0 Å². The standard InChI is InChI=1S/C16H32OS/c1-2-3-4-5-6-7-8-11-14-18-16-13-10-9-12-15(16)17/h15-17H,2-14H2,1H3/t15-,16-/m1/s1. The molecule has 1 saturated carbocycles. The largest absolute Gasteiger partial charge is 0.392 e. The summed E-state index contributed by atoms with van der Waals surface area (Å²) in [6, 6.07) is 0. The summed E-state index contributed by atoms with van der Waals surface area (Å²) in [6.07, 6.45) is 16.0. The summed E-state index contributed by atoms with van der Waals surface area (Å²) >= 11 is 2.03. The van der Waals surface area contributed by atoms with Gasteiger partial charge in [0.05, 0.1) is 6.10 Å². The molecule has 0 aromatic carbocycles. The smallest absolute Gasteiger partial charge is 0.0658 e. The molecule has 1 aliphatic rings. The quantitative estimate of drug-likeness (QED) is 0.554. The maximum absolute atomic E-state index is 9.87. The van der Waals surface area contributed by atoms with Crippen molar-refractivity contribution >= 4 is 11.8 Å². The Morgan fingerprint density at radius 1 is 0.889 bits per heavy atom. The molecule has 1 fully saturated rings. The Morgan fingerprint density at radius 2 is 1.50 bits per heavy atom. The number of rotatable bonds is 10. The fourth-order valence-electron chi connectivity index (χ4n) is 2.74. The third kappa shape index (κ3) is 7.68. The molecule has 0 aromatic rings. The molecule has 0 bridgehead atoms. The van der Waals surface area contributed by atoms with Crippen LogP contribution < -0.4 is 0 Å². The second kappa shape index (κ2) is 11.2. The molecule has 0 amide bonds. The van der Waals surface area contributed by atoms with Crippen molar-refractivity contribution in [2.24, 2.45) is 0 Å². The van der Waals surface area contributed by atoms with Gasteiger partial charge in [0.25, 0.3) is 0 Å². The number of aliphatic hydroxyl groups is 1. The van der Waals surface area contributed by atoms with Gasteiger partial charge in [-0.2, -0.15) is 11.8 Å². The summed E-state index contributed by atoms with van der Waals surface area (Å²) in [5.74, 6) is 1.26. The van der Waals surface area contributed by atoms with E-state index in [-0.39, 0.29) is 6.10 Å². The van der Waals surface area contributed by atoms with Gasteiger partial charge in [-0.1, -0.05) is 64.7 Å². The molecule has 0 radical (unpaired) electrons. The second-order valence-electron chi connectivity index (χ2n) is 5.74. The Labute approximate surface area is 118 Å². The van der Waals surface area contributed by atoms with E-state index in [1.165, 1.54) is 76.4 Å².